The molecule has 0 saturated heterocycles. The summed E-state index contributed by atoms with van der Waals surface area (Å²) in [6.45, 7) is 4.44. The average Bonchev–Trinajstić information content (AvgIpc) is 2.84. The molecule has 0 spiro atoms. The minimum atomic E-state index is -0.250. The fourth-order valence-corrected chi connectivity index (χ4v) is 6.41. The molecule has 4 nitrogen and oxygen atoms in total. The van der Waals surface area contributed by atoms with Crippen LogP contribution in [0.5, 0.6) is 0 Å². The molecule has 0 bridgehead atoms. The second kappa shape index (κ2) is 6.29. The number of fused-ring (bicyclic) bond motifs is 5. The maximum Gasteiger partial charge on any atom is 0.290 e. The van der Waals surface area contributed by atoms with Crippen LogP contribution in [0.4, 0.5) is 0 Å². The lowest BCUT2D eigenvalue weighted by Gasteiger charge is -2.56. The quantitative estimate of drug-likeness (QED) is 0.524. The van der Waals surface area contributed by atoms with Gasteiger partial charge in [-0.2, -0.15) is 0 Å². The molecule has 0 unspecified atom stereocenters. The molecule has 2 N–H and O–H groups in total. The van der Waals surface area contributed by atoms with Crippen molar-refractivity contribution in [3.8, 4) is 0 Å². The van der Waals surface area contributed by atoms with E-state index in [1.807, 2.05) is 0 Å². The lowest BCUT2D eigenvalue weighted by Crippen LogP contribution is -2.50. The Balaban J connectivity index is 0.000000526. The fourth-order valence-electron chi connectivity index (χ4n) is 6.41. The van der Waals surface area contributed by atoms with Crippen LogP contribution in [0.2, 0.25) is 0 Å². The molecule has 0 aromatic carbocycles. The van der Waals surface area contributed by atoms with Crippen molar-refractivity contribution in [3.63, 3.8) is 0 Å². The summed E-state index contributed by atoms with van der Waals surface area (Å²) in [5, 5.41) is 16.9. The SMILES string of the molecule is C[C@]12CC[C@H](O)CC1=CC[C@@H]1[C@@H]2CC[C@]2(C)C(=O)CC[C@@H]12.O=CO. The third-order valence-corrected chi connectivity index (χ3v) is 7.79. The number of rotatable bonds is 0. The molecule has 0 aromatic heterocycles. The summed E-state index contributed by atoms with van der Waals surface area (Å²) in [6, 6.07) is 0. The number of aliphatic hydroxyl groups excluding tert-OH is 1. The van der Waals surface area contributed by atoms with Gasteiger partial charge in [0, 0.05) is 11.8 Å². The molecular weight excluding hydrogens is 304 g/mol. The van der Waals surface area contributed by atoms with Crippen molar-refractivity contribution >= 4 is 12.3 Å². The van der Waals surface area contributed by atoms with Crippen molar-refractivity contribution in [1.29, 1.82) is 0 Å². The standard InChI is InChI=1S/C19H28O2.CH2O2/c1-18-9-7-13(20)11-12(18)3-4-14-15-5-6-17(21)19(15,2)10-8-16(14)18;2-1-3/h3,13-16,20H,4-11H2,1-2H3;1H,(H,2,3)/t13-,14-,15-,16-,18-,19-;/m0./s1. The summed E-state index contributed by atoms with van der Waals surface area (Å²) in [7, 11) is 0. The zero-order valence-corrected chi connectivity index (χ0v) is 14.8. The van der Waals surface area contributed by atoms with E-state index in [4.69, 9.17) is 9.90 Å². The molecule has 0 aromatic rings. The number of carboxylic acid groups (broad SMARTS) is 1. The van der Waals surface area contributed by atoms with Gasteiger partial charge in [-0.15, -0.1) is 0 Å². The monoisotopic (exact) mass is 334 g/mol. The van der Waals surface area contributed by atoms with E-state index >= 15 is 0 Å². The van der Waals surface area contributed by atoms with E-state index in [1.165, 1.54) is 12.0 Å². The van der Waals surface area contributed by atoms with E-state index in [9.17, 15) is 9.90 Å². The first-order chi connectivity index (χ1) is 11.4. The summed E-state index contributed by atoms with van der Waals surface area (Å²) < 4.78 is 0. The smallest absolute Gasteiger partial charge is 0.290 e. The molecule has 0 amide bonds. The molecule has 0 radical (unpaired) electrons. The average molecular weight is 334 g/mol. The van der Waals surface area contributed by atoms with Crippen LogP contribution in [-0.2, 0) is 9.59 Å². The van der Waals surface area contributed by atoms with Crippen LogP contribution in [0, 0.1) is 28.6 Å². The van der Waals surface area contributed by atoms with Gasteiger partial charge in [-0.3, -0.25) is 9.59 Å². The Morgan fingerprint density at radius 2 is 1.75 bits per heavy atom. The zero-order chi connectivity index (χ0) is 17.5. The lowest BCUT2D eigenvalue weighted by molar-refractivity contribution is -0.132. The lowest BCUT2D eigenvalue weighted by atomic mass is 9.48. The highest BCUT2D eigenvalue weighted by Gasteiger charge is 2.58. The topological polar surface area (TPSA) is 74.6 Å². The molecule has 3 saturated carbocycles. The number of hydrogen-bond donors (Lipinski definition) is 2. The van der Waals surface area contributed by atoms with E-state index in [0.717, 1.165) is 50.9 Å². The summed E-state index contributed by atoms with van der Waals surface area (Å²) in [4.78, 5) is 20.7. The van der Waals surface area contributed by atoms with Crippen LogP contribution in [0.15, 0.2) is 11.6 Å². The van der Waals surface area contributed by atoms with Crippen molar-refractivity contribution in [1.82, 2.24) is 0 Å². The minimum absolute atomic E-state index is 0.0168. The number of ketones is 1. The number of Topliss-reactive ketones (excluding diaryl/α,β-unsaturated/α-hetero) is 1. The summed E-state index contributed by atoms with van der Waals surface area (Å²) >= 11 is 0. The van der Waals surface area contributed by atoms with Crippen molar-refractivity contribution in [2.24, 2.45) is 28.6 Å². The van der Waals surface area contributed by atoms with Crippen LogP contribution in [-0.4, -0.2) is 28.6 Å². The molecule has 4 aliphatic carbocycles. The summed E-state index contributed by atoms with van der Waals surface area (Å²) in [6.07, 6.45) is 10.7. The molecule has 6 atom stereocenters. The van der Waals surface area contributed by atoms with E-state index in [1.54, 1.807) is 0 Å². The Labute approximate surface area is 144 Å². The number of allylic oxidation sites excluding steroid dienone is 1. The zero-order valence-electron chi connectivity index (χ0n) is 14.8. The number of aliphatic hydroxyl groups is 1. The Hall–Kier alpha value is -1.16. The predicted molar refractivity (Wildman–Crippen MR) is 91.4 cm³/mol. The highest BCUT2D eigenvalue weighted by Crippen LogP contribution is 2.63. The first-order valence-corrected chi connectivity index (χ1v) is 9.35. The highest BCUT2D eigenvalue weighted by molar-refractivity contribution is 5.87. The molecule has 0 aliphatic heterocycles. The van der Waals surface area contributed by atoms with Gasteiger partial charge in [0.15, 0.2) is 0 Å². The van der Waals surface area contributed by atoms with E-state index < -0.39 is 0 Å². The molecular formula is C20H30O4. The third kappa shape index (κ3) is 2.54. The van der Waals surface area contributed by atoms with Gasteiger partial charge in [-0.1, -0.05) is 25.5 Å². The van der Waals surface area contributed by atoms with Gasteiger partial charge >= 0.3 is 0 Å². The maximum atomic E-state index is 12.4. The Bertz CT molecular complexity index is 554. The van der Waals surface area contributed by atoms with E-state index in [0.29, 0.717) is 23.0 Å². The Morgan fingerprint density at radius 3 is 2.46 bits per heavy atom. The molecule has 24 heavy (non-hydrogen) atoms. The van der Waals surface area contributed by atoms with Crippen molar-refractivity contribution in [2.75, 3.05) is 0 Å². The second-order valence-corrected chi connectivity index (χ2v) is 8.68. The van der Waals surface area contributed by atoms with Crippen molar-refractivity contribution in [3.05, 3.63) is 11.6 Å². The normalized spacial score (nSPS) is 46.6. The molecule has 0 heterocycles. The minimum Gasteiger partial charge on any atom is -0.483 e. The highest BCUT2D eigenvalue weighted by atomic mass is 16.3. The van der Waals surface area contributed by atoms with Gasteiger partial charge in [0.25, 0.3) is 6.47 Å². The molecule has 134 valence electrons. The molecule has 3 fully saturated rings. The first kappa shape index (κ1) is 17.7. The van der Waals surface area contributed by atoms with Gasteiger partial charge in [0.1, 0.15) is 5.78 Å². The Morgan fingerprint density at radius 1 is 1.12 bits per heavy atom. The van der Waals surface area contributed by atoms with Crippen LogP contribution in [0.3, 0.4) is 0 Å². The summed E-state index contributed by atoms with van der Waals surface area (Å²) in [5.41, 5.74) is 1.81. The molecule has 4 aliphatic rings. The Kier molecular flexibility index (Phi) is 4.63. The van der Waals surface area contributed by atoms with Crippen molar-refractivity contribution in [2.45, 2.75) is 71.3 Å². The number of carbonyl (C=O) groups is 2. The van der Waals surface area contributed by atoms with Gasteiger partial charge in [0.2, 0.25) is 0 Å². The molecule has 4 rings (SSSR count). The van der Waals surface area contributed by atoms with Gasteiger partial charge in [0.05, 0.1) is 6.10 Å². The van der Waals surface area contributed by atoms with Crippen LogP contribution in [0.25, 0.3) is 0 Å². The van der Waals surface area contributed by atoms with Crippen LogP contribution >= 0.6 is 0 Å². The predicted octanol–water partition coefficient (Wildman–Crippen LogP) is 3.58. The fraction of sp³-hybridized carbons (Fsp3) is 0.800. The van der Waals surface area contributed by atoms with E-state index in [-0.39, 0.29) is 18.0 Å². The largest absolute Gasteiger partial charge is 0.483 e. The van der Waals surface area contributed by atoms with Gasteiger partial charge in [-0.25, -0.2) is 0 Å². The first-order valence-electron chi connectivity index (χ1n) is 9.35. The van der Waals surface area contributed by atoms with Crippen LogP contribution < -0.4 is 0 Å². The summed E-state index contributed by atoms with van der Waals surface area (Å²) in [5.74, 6) is 2.60. The van der Waals surface area contributed by atoms with E-state index in [2.05, 4.69) is 19.9 Å². The van der Waals surface area contributed by atoms with Gasteiger partial charge < -0.3 is 10.2 Å². The third-order valence-electron chi connectivity index (χ3n) is 7.79. The number of hydrogen-bond acceptors (Lipinski definition) is 3. The van der Waals surface area contributed by atoms with Gasteiger partial charge in [-0.05, 0) is 68.1 Å². The maximum absolute atomic E-state index is 12.4. The van der Waals surface area contributed by atoms with Crippen molar-refractivity contribution < 1.29 is 19.8 Å². The van der Waals surface area contributed by atoms with Crippen LogP contribution in [0.1, 0.15) is 65.2 Å². The molecule has 4 heteroatoms. The number of carbonyl (C=O) groups excluding carboxylic acids is 1. The second-order valence-electron chi connectivity index (χ2n) is 8.68.